The van der Waals surface area contributed by atoms with Gasteiger partial charge in [0.2, 0.25) is 5.91 Å². The quantitative estimate of drug-likeness (QED) is 0.426. The molecular formula is C20H22N4O4S. The molecule has 8 nitrogen and oxygen atoms in total. The summed E-state index contributed by atoms with van der Waals surface area (Å²) >= 11 is 4.97. The lowest BCUT2D eigenvalue weighted by Crippen LogP contribution is -2.49. The van der Waals surface area contributed by atoms with Gasteiger partial charge in [0, 0.05) is 17.7 Å². The topological polar surface area (TPSA) is 109 Å². The highest BCUT2D eigenvalue weighted by Crippen LogP contribution is 2.11. The molecule has 3 amide bonds. The second kappa shape index (κ2) is 10.8. The van der Waals surface area contributed by atoms with E-state index in [0.717, 1.165) is 5.56 Å². The molecule has 0 aromatic heterocycles. The minimum absolute atomic E-state index is 0.0670. The third-order valence-corrected chi connectivity index (χ3v) is 3.89. The van der Waals surface area contributed by atoms with Crippen molar-refractivity contribution in [3.05, 3.63) is 59.7 Å². The lowest BCUT2D eigenvalue weighted by atomic mass is 10.2. The molecule has 2 aromatic carbocycles. The molecule has 0 radical (unpaired) electrons. The van der Waals surface area contributed by atoms with Gasteiger partial charge in [-0.25, -0.2) is 0 Å². The van der Waals surface area contributed by atoms with Crippen molar-refractivity contribution < 1.29 is 19.1 Å². The van der Waals surface area contributed by atoms with Crippen molar-refractivity contribution in [2.75, 3.05) is 11.9 Å². The summed E-state index contributed by atoms with van der Waals surface area (Å²) in [4.78, 5) is 35.3. The SMILES string of the molecule is CCC(=O)Nc1ccc(C(=O)NNC(=S)NC(=O)COc2ccc(C)cc2)cc1. The van der Waals surface area contributed by atoms with Crippen LogP contribution in [0, 0.1) is 6.92 Å². The molecule has 29 heavy (non-hydrogen) atoms. The van der Waals surface area contributed by atoms with Crippen LogP contribution < -0.4 is 26.2 Å². The number of carbonyl (C=O) groups excluding carboxylic acids is 3. The Balaban J connectivity index is 1.73. The van der Waals surface area contributed by atoms with Crippen molar-refractivity contribution in [2.45, 2.75) is 20.3 Å². The largest absolute Gasteiger partial charge is 0.484 e. The number of aryl methyl sites for hydroxylation is 1. The summed E-state index contributed by atoms with van der Waals surface area (Å²) < 4.78 is 5.35. The third-order valence-electron chi connectivity index (χ3n) is 3.69. The number of anilines is 1. The molecular weight excluding hydrogens is 392 g/mol. The van der Waals surface area contributed by atoms with Gasteiger partial charge in [0.1, 0.15) is 5.75 Å². The number of benzene rings is 2. The highest BCUT2D eigenvalue weighted by atomic mass is 32.1. The van der Waals surface area contributed by atoms with E-state index in [1.165, 1.54) is 0 Å². The highest BCUT2D eigenvalue weighted by Gasteiger charge is 2.09. The fraction of sp³-hybridized carbons (Fsp3) is 0.200. The van der Waals surface area contributed by atoms with E-state index in [1.807, 2.05) is 19.1 Å². The first kappa shape index (κ1) is 21.8. The molecule has 0 aliphatic rings. The van der Waals surface area contributed by atoms with Gasteiger partial charge in [-0.2, -0.15) is 0 Å². The van der Waals surface area contributed by atoms with Gasteiger partial charge in [0.25, 0.3) is 11.8 Å². The van der Waals surface area contributed by atoms with Crippen LogP contribution in [0.15, 0.2) is 48.5 Å². The molecule has 2 rings (SSSR count). The van der Waals surface area contributed by atoms with E-state index in [-0.39, 0.29) is 17.6 Å². The van der Waals surface area contributed by atoms with Gasteiger partial charge in [0.05, 0.1) is 0 Å². The molecule has 0 saturated carbocycles. The van der Waals surface area contributed by atoms with Gasteiger partial charge >= 0.3 is 0 Å². The summed E-state index contributed by atoms with van der Waals surface area (Å²) in [7, 11) is 0. The predicted molar refractivity (Wildman–Crippen MR) is 113 cm³/mol. The number of amides is 3. The van der Waals surface area contributed by atoms with E-state index in [9.17, 15) is 14.4 Å². The van der Waals surface area contributed by atoms with Gasteiger partial charge < -0.3 is 10.1 Å². The maximum atomic E-state index is 12.1. The monoisotopic (exact) mass is 414 g/mol. The van der Waals surface area contributed by atoms with Crippen LogP contribution in [0.4, 0.5) is 5.69 Å². The number of nitrogens with one attached hydrogen (secondary N) is 4. The average molecular weight is 414 g/mol. The minimum Gasteiger partial charge on any atom is -0.484 e. The van der Waals surface area contributed by atoms with E-state index >= 15 is 0 Å². The van der Waals surface area contributed by atoms with Crippen molar-refractivity contribution in [3.63, 3.8) is 0 Å². The van der Waals surface area contributed by atoms with Crippen molar-refractivity contribution >= 4 is 40.7 Å². The molecule has 0 spiro atoms. The smallest absolute Gasteiger partial charge is 0.269 e. The molecule has 0 fully saturated rings. The molecule has 2 aromatic rings. The highest BCUT2D eigenvalue weighted by molar-refractivity contribution is 7.80. The van der Waals surface area contributed by atoms with Crippen molar-refractivity contribution in [1.82, 2.24) is 16.2 Å². The Hall–Kier alpha value is -3.46. The second-order valence-corrected chi connectivity index (χ2v) is 6.45. The van der Waals surface area contributed by atoms with Crippen LogP contribution >= 0.6 is 12.2 Å². The average Bonchev–Trinajstić information content (AvgIpc) is 2.72. The number of hydrogen-bond acceptors (Lipinski definition) is 5. The number of hydrogen-bond donors (Lipinski definition) is 4. The molecule has 4 N–H and O–H groups in total. The Bertz CT molecular complexity index is 882. The van der Waals surface area contributed by atoms with Crippen LogP contribution in [0.5, 0.6) is 5.75 Å². The van der Waals surface area contributed by atoms with Crippen LogP contribution in [-0.2, 0) is 9.59 Å². The van der Waals surface area contributed by atoms with Crippen LogP contribution in [0.25, 0.3) is 0 Å². The Morgan fingerprint density at radius 2 is 1.59 bits per heavy atom. The van der Waals surface area contributed by atoms with Crippen LogP contribution in [0.3, 0.4) is 0 Å². The number of ether oxygens (including phenoxy) is 1. The summed E-state index contributed by atoms with van der Waals surface area (Å²) in [5, 5.41) is 5.02. The Kier molecular flexibility index (Phi) is 8.11. The summed E-state index contributed by atoms with van der Waals surface area (Å²) in [6.45, 7) is 3.48. The van der Waals surface area contributed by atoms with Crippen LogP contribution in [0.1, 0.15) is 29.3 Å². The molecule has 0 heterocycles. The minimum atomic E-state index is -0.464. The van der Waals surface area contributed by atoms with Gasteiger partial charge in [0.15, 0.2) is 11.7 Å². The zero-order valence-corrected chi connectivity index (χ0v) is 16.9. The molecule has 9 heteroatoms. The lowest BCUT2D eigenvalue weighted by Gasteiger charge is -2.12. The Labute approximate surface area is 174 Å². The normalized spacial score (nSPS) is 9.86. The standard InChI is InChI=1S/C20H22N4O4S/c1-3-17(25)21-15-8-6-14(7-9-15)19(27)23-24-20(29)22-18(26)12-28-16-10-4-13(2)5-11-16/h4-11H,3,12H2,1-2H3,(H,21,25)(H,23,27)(H2,22,24,26,29). The maximum absolute atomic E-state index is 12.1. The van der Waals surface area contributed by atoms with Crippen molar-refractivity contribution in [3.8, 4) is 5.75 Å². The molecule has 0 atom stereocenters. The van der Waals surface area contributed by atoms with Crippen molar-refractivity contribution in [2.24, 2.45) is 0 Å². The van der Waals surface area contributed by atoms with Gasteiger partial charge in [-0.05, 0) is 55.5 Å². The van der Waals surface area contributed by atoms with E-state index in [2.05, 4.69) is 21.5 Å². The number of hydrazine groups is 1. The number of thiocarbonyl (C=S) groups is 1. The first-order valence-corrected chi connectivity index (χ1v) is 9.27. The Morgan fingerprint density at radius 3 is 2.21 bits per heavy atom. The third kappa shape index (κ3) is 7.59. The first-order valence-electron chi connectivity index (χ1n) is 8.87. The molecule has 0 aliphatic heterocycles. The zero-order valence-electron chi connectivity index (χ0n) is 16.1. The Morgan fingerprint density at radius 1 is 0.931 bits per heavy atom. The van der Waals surface area contributed by atoms with E-state index in [1.54, 1.807) is 43.3 Å². The summed E-state index contributed by atoms with van der Waals surface area (Å²) in [5.41, 5.74) is 6.86. The fourth-order valence-corrected chi connectivity index (χ4v) is 2.28. The molecule has 0 saturated heterocycles. The van der Waals surface area contributed by atoms with Gasteiger partial charge in [-0.3, -0.25) is 30.6 Å². The maximum Gasteiger partial charge on any atom is 0.269 e. The van der Waals surface area contributed by atoms with E-state index in [0.29, 0.717) is 23.4 Å². The number of rotatable bonds is 6. The molecule has 152 valence electrons. The molecule has 0 aliphatic carbocycles. The predicted octanol–water partition coefficient (Wildman–Crippen LogP) is 2.06. The van der Waals surface area contributed by atoms with E-state index < -0.39 is 11.8 Å². The van der Waals surface area contributed by atoms with Gasteiger partial charge in [-0.1, -0.05) is 24.6 Å². The zero-order chi connectivity index (χ0) is 21.2. The second-order valence-electron chi connectivity index (χ2n) is 6.04. The molecule has 0 unspecified atom stereocenters. The van der Waals surface area contributed by atoms with Crippen LogP contribution in [-0.4, -0.2) is 29.4 Å². The van der Waals surface area contributed by atoms with E-state index in [4.69, 9.17) is 17.0 Å². The summed E-state index contributed by atoms with van der Waals surface area (Å²) in [6.07, 6.45) is 0.366. The first-order chi connectivity index (χ1) is 13.9. The molecule has 0 bridgehead atoms. The lowest BCUT2D eigenvalue weighted by molar-refractivity contribution is -0.121. The summed E-state index contributed by atoms with van der Waals surface area (Å²) in [6, 6.07) is 13.6. The fourth-order valence-electron chi connectivity index (χ4n) is 2.12. The number of carbonyl (C=O) groups is 3. The van der Waals surface area contributed by atoms with Crippen molar-refractivity contribution in [1.29, 1.82) is 0 Å². The van der Waals surface area contributed by atoms with Gasteiger partial charge in [-0.15, -0.1) is 0 Å². The van der Waals surface area contributed by atoms with Crippen LogP contribution in [0.2, 0.25) is 0 Å². The summed E-state index contributed by atoms with van der Waals surface area (Å²) in [5.74, 6) is -0.466.